The molecule has 3 nitrogen and oxygen atoms in total. The van der Waals surface area contributed by atoms with Crippen LogP contribution < -0.4 is 5.32 Å². The van der Waals surface area contributed by atoms with E-state index in [-0.39, 0.29) is 12.0 Å². The van der Waals surface area contributed by atoms with E-state index >= 15 is 0 Å². The quantitative estimate of drug-likeness (QED) is 0.507. The van der Waals surface area contributed by atoms with E-state index in [0.29, 0.717) is 12.6 Å². The van der Waals surface area contributed by atoms with E-state index in [1.807, 2.05) is 13.0 Å². The molecule has 0 spiro atoms. The van der Waals surface area contributed by atoms with E-state index in [1.54, 1.807) is 11.3 Å². The van der Waals surface area contributed by atoms with Gasteiger partial charge in [0, 0.05) is 15.4 Å². The molecule has 118 valence electrons. The minimum absolute atomic E-state index is 0.178. The zero-order valence-electron chi connectivity index (χ0n) is 12.2. The van der Waals surface area contributed by atoms with Crippen LogP contribution >= 0.6 is 43.2 Å². The standard InChI is InChI=1S/C15H21Br2NO2S/c1-2-20-15(19)13(12-9-11(16)14(17)21-12)18-10-7-5-3-4-6-8-10/h9-10,13,18H,2-8H2,1H3. The third-order valence-electron chi connectivity index (χ3n) is 3.73. The first-order valence-electron chi connectivity index (χ1n) is 7.49. The van der Waals surface area contributed by atoms with Crippen molar-refractivity contribution in [2.75, 3.05) is 6.61 Å². The predicted octanol–water partition coefficient (Wildman–Crippen LogP) is 5.19. The fourth-order valence-corrected chi connectivity index (χ4v) is 4.82. The molecule has 1 heterocycles. The molecule has 1 saturated carbocycles. The number of nitrogens with one attached hydrogen (secondary N) is 1. The van der Waals surface area contributed by atoms with Crippen molar-refractivity contribution in [2.45, 2.75) is 57.5 Å². The minimum Gasteiger partial charge on any atom is -0.465 e. The summed E-state index contributed by atoms with van der Waals surface area (Å²) in [5, 5.41) is 3.53. The summed E-state index contributed by atoms with van der Waals surface area (Å²) >= 11 is 8.57. The summed E-state index contributed by atoms with van der Waals surface area (Å²) in [5.74, 6) is -0.178. The molecule has 0 radical (unpaired) electrons. The molecule has 1 unspecified atom stereocenters. The highest BCUT2D eigenvalue weighted by Gasteiger charge is 2.27. The van der Waals surface area contributed by atoms with Crippen molar-refractivity contribution in [3.63, 3.8) is 0 Å². The molecule has 1 fully saturated rings. The molecule has 2 rings (SSSR count). The molecular formula is C15H21Br2NO2S. The van der Waals surface area contributed by atoms with Crippen molar-refractivity contribution in [3.8, 4) is 0 Å². The number of ether oxygens (including phenoxy) is 1. The lowest BCUT2D eigenvalue weighted by Crippen LogP contribution is -2.37. The van der Waals surface area contributed by atoms with E-state index in [4.69, 9.17) is 4.74 Å². The van der Waals surface area contributed by atoms with Crippen molar-refractivity contribution in [1.82, 2.24) is 5.32 Å². The van der Waals surface area contributed by atoms with Crippen LogP contribution in [0.25, 0.3) is 0 Å². The van der Waals surface area contributed by atoms with Gasteiger partial charge in [0.25, 0.3) is 0 Å². The predicted molar refractivity (Wildman–Crippen MR) is 93.7 cm³/mol. The maximum absolute atomic E-state index is 12.3. The van der Waals surface area contributed by atoms with Gasteiger partial charge in [0.1, 0.15) is 6.04 Å². The third kappa shape index (κ3) is 5.05. The SMILES string of the molecule is CCOC(=O)C(NC1CCCCCC1)c1cc(Br)c(Br)s1. The molecular weight excluding hydrogens is 418 g/mol. The van der Waals surface area contributed by atoms with Crippen molar-refractivity contribution in [3.05, 3.63) is 19.2 Å². The molecule has 1 aliphatic rings. The Kier molecular flexibility index (Phi) is 7.19. The third-order valence-corrected chi connectivity index (χ3v) is 7.05. The van der Waals surface area contributed by atoms with E-state index in [9.17, 15) is 4.79 Å². The number of carbonyl (C=O) groups excluding carboxylic acids is 1. The second-order valence-corrected chi connectivity index (χ2v) is 8.57. The highest BCUT2D eigenvalue weighted by molar-refractivity contribution is 9.13. The van der Waals surface area contributed by atoms with Crippen LogP contribution in [0.2, 0.25) is 0 Å². The second-order valence-electron chi connectivity index (χ2n) is 5.31. The summed E-state index contributed by atoms with van der Waals surface area (Å²) in [6.45, 7) is 2.26. The van der Waals surface area contributed by atoms with Gasteiger partial charge in [0.05, 0.1) is 10.4 Å². The Labute approximate surface area is 147 Å². The van der Waals surface area contributed by atoms with Crippen LogP contribution in [0.15, 0.2) is 14.3 Å². The molecule has 1 aromatic rings. The number of thiophene rings is 1. The largest absolute Gasteiger partial charge is 0.465 e. The van der Waals surface area contributed by atoms with Crippen LogP contribution in [-0.2, 0) is 9.53 Å². The van der Waals surface area contributed by atoms with Crippen LogP contribution in [0.1, 0.15) is 56.4 Å². The van der Waals surface area contributed by atoms with Crippen molar-refractivity contribution >= 4 is 49.2 Å². The molecule has 0 bridgehead atoms. The Morgan fingerprint density at radius 3 is 2.57 bits per heavy atom. The Morgan fingerprint density at radius 1 is 1.38 bits per heavy atom. The number of halogens is 2. The van der Waals surface area contributed by atoms with Gasteiger partial charge in [-0.3, -0.25) is 5.32 Å². The Morgan fingerprint density at radius 2 is 2.05 bits per heavy atom. The molecule has 1 atom stereocenters. The Balaban J connectivity index is 2.13. The molecule has 1 N–H and O–H groups in total. The average molecular weight is 439 g/mol. The van der Waals surface area contributed by atoms with E-state index in [0.717, 1.165) is 26.0 Å². The monoisotopic (exact) mass is 437 g/mol. The van der Waals surface area contributed by atoms with Gasteiger partial charge in [-0.05, 0) is 57.7 Å². The van der Waals surface area contributed by atoms with Gasteiger partial charge in [0.15, 0.2) is 0 Å². The molecule has 6 heteroatoms. The number of carbonyl (C=O) groups is 1. The van der Waals surface area contributed by atoms with E-state index in [2.05, 4.69) is 37.2 Å². The first kappa shape index (κ1) is 17.4. The highest BCUT2D eigenvalue weighted by Crippen LogP contribution is 2.36. The molecule has 21 heavy (non-hydrogen) atoms. The van der Waals surface area contributed by atoms with Gasteiger partial charge in [-0.1, -0.05) is 25.7 Å². The lowest BCUT2D eigenvalue weighted by molar-refractivity contribution is -0.146. The molecule has 1 aromatic heterocycles. The van der Waals surface area contributed by atoms with Crippen LogP contribution in [0.5, 0.6) is 0 Å². The van der Waals surface area contributed by atoms with Gasteiger partial charge < -0.3 is 4.74 Å². The summed E-state index contributed by atoms with van der Waals surface area (Å²) in [5.41, 5.74) is 0. The van der Waals surface area contributed by atoms with Gasteiger partial charge in [-0.25, -0.2) is 4.79 Å². The maximum atomic E-state index is 12.3. The lowest BCUT2D eigenvalue weighted by Gasteiger charge is -2.23. The lowest BCUT2D eigenvalue weighted by atomic mass is 10.1. The number of hydrogen-bond donors (Lipinski definition) is 1. The zero-order chi connectivity index (χ0) is 15.2. The summed E-state index contributed by atoms with van der Waals surface area (Å²) in [4.78, 5) is 13.3. The molecule has 0 aliphatic heterocycles. The van der Waals surface area contributed by atoms with Gasteiger partial charge in [0.2, 0.25) is 0 Å². The van der Waals surface area contributed by atoms with Crippen molar-refractivity contribution in [2.24, 2.45) is 0 Å². The highest BCUT2D eigenvalue weighted by atomic mass is 79.9. The summed E-state index contributed by atoms with van der Waals surface area (Å²) in [6.07, 6.45) is 7.38. The van der Waals surface area contributed by atoms with Crippen molar-refractivity contribution < 1.29 is 9.53 Å². The molecule has 0 saturated heterocycles. The average Bonchev–Trinajstić information content (AvgIpc) is 2.68. The fraction of sp³-hybridized carbons (Fsp3) is 0.667. The topological polar surface area (TPSA) is 38.3 Å². The molecule has 0 aromatic carbocycles. The van der Waals surface area contributed by atoms with Gasteiger partial charge >= 0.3 is 5.97 Å². The fourth-order valence-electron chi connectivity index (χ4n) is 2.68. The van der Waals surface area contributed by atoms with E-state index in [1.165, 1.54) is 25.7 Å². The molecule has 0 amide bonds. The minimum atomic E-state index is -0.361. The maximum Gasteiger partial charge on any atom is 0.328 e. The van der Waals surface area contributed by atoms with Crippen LogP contribution in [0.4, 0.5) is 0 Å². The molecule has 1 aliphatic carbocycles. The van der Waals surface area contributed by atoms with Crippen LogP contribution in [0, 0.1) is 0 Å². The van der Waals surface area contributed by atoms with Crippen molar-refractivity contribution in [1.29, 1.82) is 0 Å². The summed E-state index contributed by atoms with van der Waals surface area (Å²) in [6, 6.07) is 2.04. The summed E-state index contributed by atoms with van der Waals surface area (Å²) < 4.78 is 7.25. The number of esters is 1. The number of hydrogen-bond acceptors (Lipinski definition) is 4. The Bertz CT molecular complexity index is 451. The zero-order valence-corrected chi connectivity index (χ0v) is 16.2. The number of rotatable bonds is 5. The first-order valence-corrected chi connectivity index (χ1v) is 9.89. The van der Waals surface area contributed by atoms with Crippen LogP contribution in [0.3, 0.4) is 0 Å². The van der Waals surface area contributed by atoms with Gasteiger partial charge in [-0.2, -0.15) is 0 Å². The normalized spacial score (nSPS) is 18.2. The van der Waals surface area contributed by atoms with Gasteiger partial charge in [-0.15, -0.1) is 11.3 Å². The Hall–Kier alpha value is 0.0900. The van der Waals surface area contributed by atoms with E-state index < -0.39 is 0 Å². The first-order chi connectivity index (χ1) is 10.1. The second kappa shape index (κ2) is 8.65. The van der Waals surface area contributed by atoms with Crippen LogP contribution in [-0.4, -0.2) is 18.6 Å². The summed E-state index contributed by atoms with van der Waals surface area (Å²) in [7, 11) is 0. The smallest absolute Gasteiger partial charge is 0.328 e.